The van der Waals surface area contributed by atoms with Gasteiger partial charge in [-0.2, -0.15) is 0 Å². The van der Waals surface area contributed by atoms with Gasteiger partial charge in [-0.3, -0.25) is 0 Å². The van der Waals surface area contributed by atoms with E-state index in [4.69, 9.17) is 14.5 Å². The molecule has 1 unspecified atom stereocenters. The molecule has 8 nitrogen and oxygen atoms in total. The lowest BCUT2D eigenvalue weighted by Gasteiger charge is -2.22. The van der Waals surface area contributed by atoms with Crippen LogP contribution in [-0.4, -0.2) is 45.3 Å². The highest BCUT2D eigenvalue weighted by atomic mass is 16.6. The molecule has 0 aliphatic rings. The summed E-state index contributed by atoms with van der Waals surface area (Å²) in [5.41, 5.74) is 3.06. The molecular weight excluding hydrogens is 398 g/mol. The van der Waals surface area contributed by atoms with Gasteiger partial charge in [0.1, 0.15) is 23.0 Å². The number of fused-ring (bicyclic) bond motifs is 1. The van der Waals surface area contributed by atoms with Crippen LogP contribution in [-0.2, 0) is 16.0 Å². The Bertz CT molecular complexity index is 1110. The maximum Gasteiger partial charge on any atom is 0.408 e. The summed E-state index contributed by atoms with van der Waals surface area (Å²) >= 11 is 0. The van der Waals surface area contributed by atoms with Gasteiger partial charge in [0.2, 0.25) is 0 Å². The second-order valence-corrected chi connectivity index (χ2v) is 8.31. The van der Waals surface area contributed by atoms with Gasteiger partial charge in [-0.25, -0.2) is 14.6 Å². The van der Waals surface area contributed by atoms with Crippen molar-refractivity contribution in [3.8, 4) is 17.0 Å². The SMILES string of the molecule is COc1cccc(-c2nc3cc(C)ccn3c2CC(NC(=O)OC(C)(C)C)C(=O)O)c1. The van der Waals surface area contributed by atoms with Crippen LogP contribution in [0.3, 0.4) is 0 Å². The number of methoxy groups -OCH3 is 1. The highest BCUT2D eigenvalue weighted by Crippen LogP contribution is 2.28. The van der Waals surface area contributed by atoms with Crippen LogP contribution in [0.1, 0.15) is 32.0 Å². The molecule has 0 saturated carbocycles. The van der Waals surface area contributed by atoms with Gasteiger partial charge < -0.3 is 24.3 Å². The van der Waals surface area contributed by atoms with E-state index in [9.17, 15) is 14.7 Å². The molecule has 1 amide bonds. The van der Waals surface area contributed by atoms with Crippen LogP contribution in [0.4, 0.5) is 4.79 Å². The highest BCUT2D eigenvalue weighted by molar-refractivity contribution is 5.81. The van der Waals surface area contributed by atoms with Crippen LogP contribution in [0.15, 0.2) is 42.6 Å². The summed E-state index contributed by atoms with van der Waals surface area (Å²) in [5, 5.41) is 12.2. The zero-order valence-electron chi connectivity index (χ0n) is 18.3. The molecule has 0 saturated heterocycles. The normalized spacial score (nSPS) is 12.4. The van der Waals surface area contributed by atoms with Crippen molar-refractivity contribution in [1.29, 1.82) is 0 Å². The summed E-state index contributed by atoms with van der Waals surface area (Å²) < 4.78 is 12.4. The highest BCUT2D eigenvalue weighted by Gasteiger charge is 2.27. The smallest absolute Gasteiger partial charge is 0.408 e. The number of carboxylic acids is 1. The lowest BCUT2D eigenvalue weighted by atomic mass is 10.0. The molecule has 8 heteroatoms. The minimum absolute atomic E-state index is 0.0192. The Hall–Kier alpha value is -3.55. The average molecular weight is 425 g/mol. The number of aromatic nitrogens is 2. The third-order valence-electron chi connectivity index (χ3n) is 4.61. The van der Waals surface area contributed by atoms with Crippen LogP contribution in [0.25, 0.3) is 16.9 Å². The fourth-order valence-corrected chi connectivity index (χ4v) is 3.24. The topological polar surface area (TPSA) is 102 Å². The first kappa shape index (κ1) is 22.1. The van der Waals surface area contributed by atoms with Crippen LogP contribution in [0, 0.1) is 6.92 Å². The average Bonchev–Trinajstić information content (AvgIpc) is 3.03. The number of aryl methyl sites for hydroxylation is 1. The summed E-state index contributed by atoms with van der Waals surface area (Å²) in [6.45, 7) is 7.12. The molecule has 3 rings (SSSR count). The second kappa shape index (κ2) is 8.67. The van der Waals surface area contributed by atoms with Crippen LogP contribution >= 0.6 is 0 Å². The van der Waals surface area contributed by atoms with Gasteiger partial charge in [0, 0.05) is 18.2 Å². The number of nitrogens with one attached hydrogen (secondary N) is 1. The van der Waals surface area contributed by atoms with Gasteiger partial charge in [0.15, 0.2) is 0 Å². The van der Waals surface area contributed by atoms with Crippen LogP contribution in [0.5, 0.6) is 5.75 Å². The minimum Gasteiger partial charge on any atom is -0.497 e. The van der Waals surface area contributed by atoms with E-state index in [1.165, 1.54) is 0 Å². The van der Waals surface area contributed by atoms with Crippen molar-refractivity contribution in [2.24, 2.45) is 0 Å². The fourth-order valence-electron chi connectivity index (χ4n) is 3.24. The molecule has 3 aromatic rings. The number of amides is 1. The standard InChI is InChI=1S/C23H27N3O5/c1-14-9-10-26-18(13-17(21(27)28)24-22(29)31-23(2,3)4)20(25-19(26)11-14)15-7-6-8-16(12-15)30-5/h6-12,17H,13H2,1-5H3,(H,24,29)(H,27,28). The molecule has 2 aromatic heterocycles. The molecule has 0 aliphatic carbocycles. The van der Waals surface area contributed by atoms with Crippen molar-refractivity contribution in [2.45, 2.75) is 45.8 Å². The number of carboxylic acid groups (broad SMARTS) is 1. The quantitative estimate of drug-likeness (QED) is 0.622. The van der Waals surface area contributed by atoms with Crippen molar-refractivity contribution in [2.75, 3.05) is 7.11 Å². The molecule has 164 valence electrons. The summed E-state index contributed by atoms with van der Waals surface area (Å²) in [4.78, 5) is 28.9. The molecule has 0 aliphatic heterocycles. The lowest BCUT2D eigenvalue weighted by molar-refractivity contribution is -0.139. The van der Waals surface area contributed by atoms with Crippen LogP contribution < -0.4 is 10.1 Å². The first-order chi connectivity index (χ1) is 14.6. The monoisotopic (exact) mass is 425 g/mol. The number of carbonyl (C=O) groups is 2. The third kappa shape index (κ3) is 5.33. The van der Waals surface area contributed by atoms with Gasteiger partial charge in [0.25, 0.3) is 0 Å². The molecule has 0 spiro atoms. The molecule has 2 N–H and O–H groups in total. The molecule has 0 bridgehead atoms. The number of pyridine rings is 1. The Balaban J connectivity index is 2.04. The first-order valence-corrected chi connectivity index (χ1v) is 9.91. The van der Waals surface area contributed by atoms with Gasteiger partial charge in [-0.1, -0.05) is 12.1 Å². The van der Waals surface area contributed by atoms with E-state index in [1.54, 1.807) is 27.9 Å². The van der Waals surface area contributed by atoms with Crippen LogP contribution in [0.2, 0.25) is 0 Å². The van der Waals surface area contributed by atoms with E-state index in [-0.39, 0.29) is 6.42 Å². The van der Waals surface area contributed by atoms with Gasteiger partial charge >= 0.3 is 12.1 Å². The predicted molar refractivity (Wildman–Crippen MR) is 116 cm³/mol. The van der Waals surface area contributed by atoms with E-state index in [0.29, 0.717) is 22.8 Å². The van der Waals surface area contributed by atoms with Crippen molar-refractivity contribution < 1.29 is 24.2 Å². The number of rotatable bonds is 6. The minimum atomic E-state index is -1.19. The number of nitrogens with zero attached hydrogens (tertiary/aromatic N) is 2. The molecule has 1 atom stereocenters. The Morgan fingerprint density at radius 1 is 1.23 bits per heavy atom. The number of benzene rings is 1. The Kier molecular flexibility index (Phi) is 6.19. The number of hydrogen-bond acceptors (Lipinski definition) is 5. The molecule has 31 heavy (non-hydrogen) atoms. The summed E-state index contributed by atoms with van der Waals surface area (Å²) in [6, 6.07) is 10.1. The Morgan fingerprint density at radius 2 is 1.97 bits per heavy atom. The largest absolute Gasteiger partial charge is 0.497 e. The summed E-state index contributed by atoms with van der Waals surface area (Å²) in [6.07, 6.45) is 1.08. The number of imidazole rings is 1. The van der Waals surface area contributed by atoms with Gasteiger partial charge in [-0.05, 0) is 57.5 Å². The fraction of sp³-hybridized carbons (Fsp3) is 0.348. The van der Waals surface area contributed by atoms with Gasteiger partial charge in [0.05, 0.1) is 18.5 Å². The van der Waals surface area contributed by atoms with E-state index in [1.807, 2.05) is 53.9 Å². The lowest BCUT2D eigenvalue weighted by Crippen LogP contribution is -2.44. The Morgan fingerprint density at radius 3 is 2.61 bits per heavy atom. The number of aliphatic carboxylic acids is 1. The molecule has 2 heterocycles. The second-order valence-electron chi connectivity index (χ2n) is 8.31. The van der Waals surface area contributed by atoms with Crippen molar-refractivity contribution in [1.82, 2.24) is 14.7 Å². The molecule has 0 radical (unpaired) electrons. The summed E-state index contributed by atoms with van der Waals surface area (Å²) in [7, 11) is 1.58. The maximum absolute atomic E-state index is 12.2. The van der Waals surface area contributed by atoms with Crippen molar-refractivity contribution in [3.05, 3.63) is 53.9 Å². The zero-order valence-corrected chi connectivity index (χ0v) is 18.3. The zero-order chi connectivity index (χ0) is 22.8. The maximum atomic E-state index is 12.2. The van der Waals surface area contributed by atoms with E-state index >= 15 is 0 Å². The molecular formula is C23H27N3O5. The third-order valence-corrected chi connectivity index (χ3v) is 4.61. The Labute approximate surface area is 180 Å². The first-order valence-electron chi connectivity index (χ1n) is 9.91. The van der Waals surface area contributed by atoms with Crippen molar-refractivity contribution >= 4 is 17.7 Å². The summed E-state index contributed by atoms with van der Waals surface area (Å²) in [5.74, 6) is -0.497. The van der Waals surface area contributed by atoms with E-state index in [0.717, 1.165) is 11.1 Å². The number of carbonyl (C=O) groups excluding carboxylic acids is 1. The number of alkyl carbamates (subject to hydrolysis) is 1. The van der Waals surface area contributed by atoms with E-state index in [2.05, 4.69) is 5.32 Å². The predicted octanol–water partition coefficient (Wildman–Crippen LogP) is 3.84. The number of ether oxygens (including phenoxy) is 2. The van der Waals surface area contributed by atoms with E-state index < -0.39 is 23.7 Å². The van der Waals surface area contributed by atoms with Crippen molar-refractivity contribution in [3.63, 3.8) is 0 Å². The van der Waals surface area contributed by atoms with Gasteiger partial charge in [-0.15, -0.1) is 0 Å². The number of hydrogen-bond donors (Lipinski definition) is 2. The molecule has 1 aromatic carbocycles. The molecule has 0 fully saturated rings.